The largest absolute Gasteiger partial charge is 0.480 e. The Morgan fingerprint density at radius 1 is 1.24 bits per heavy atom. The molecule has 0 aromatic rings. The van der Waals surface area contributed by atoms with Gasteiger partial charge in [0.15, 0.2) is 0 Å². The van der Waals surface area contributed by atoms with Crippen LogP contribution in [0.15, 0.2) is 0 Å². The molecule has 126 valence electrons. The fraction of sp³-hybridized carbons (Fsp3) is 0.941. The molecule has 0 radical (unpaired) electrons. The molecule has 0 aromatic carbocycles. The average molecular weight is 300 g/mol. The van der Waals surface area contributed by atoms with Gasteiger partial charge in [0.05, 0.1) is 0 Å². The molecule has 0 amide bonds. The lowest BCUT2D eigenvalue weighted by Crippen LogP contribution is -2.52. The number of carbonyl (C=O) groups is 1. The standard InChI is InChI=1S/C17H36N2O2/c1-7-15(8-2)13-19(9-3)12-10-11-17(6,16(20)21)18-14(4)5/h14-15,18H,7-13H2,1-6H3,(H,20,21). The van der Waals surface area contributed by atoms with E-state index in [4.69, 9.17) is 0 Å². The molecule has 0 rings (SSSR count). The predicted molar refractivity (Wildman–Crippen MR) is 89.7 cm³/mol. The molecule has 0 fully saturated rings. The van der Waals surface area contributed by atoms with Gasteiger partial charge in [-0.15, -0.1) is 0 Å². The molecule has 4 nitrogen and oxygen atoms in total. The third kappa shape index (κ3) is 7.82. The van der Waals surface area contributed by atoms with Gasteiger partial charge in [-0.2, -0.15) is 0 Å². The highest BCUT2D eigenvalue weighted by molar-refractivity contribution is 5.78. The summed E-state index contributed by atoms with van der Waals surface area (Å²) in [5, 5.41) is 12.6. The molecule has 0 aliphatic heterocycles. The maximum atomic E-state index is 11.5. The van der Waals surface area contributed by atoms with E-state index >= 15 is 0 Å². The van der Waals surface area contributed by atoms with Gasteiger partial charge in [-0.3, -0.25) is 10.1 Å². The summed E-state index contributed by atoms with van der Waals surface area (Å²) in [4.78, 5) is 13.9. The molecule has 0 spiro atoms. The molecule has 1 atom stereocenters. The smallest absolute Gasteiger partial charge is 0.323 e. The molecule has 0 aliphatic carbocycles. The van der Waals surface area contributed by atoms with Crippen LogP contribution in [0.5, 0.6) is 0 Å². The number of carboxylic acids is 1. The van der Waals surface area contributed by atoms with Gasteiger partial charge in [-0.25, -0.2) is 0 Å². The molecule has 0 saturated heterocycles. The van der Waals surface area contributed by atoms with Gasteiger partial charge in [0.2, 0.25) is 0 Å². The van der Waals surface area contributed by atoms with Crippen molar-refractivity contribution in [1.82, 2.24) is 10.2 Å². The first kappa shape index (κ1) is 20.4. The zero-order valence-corrected chi connectivity index (χ0v) is 14.9. The van der Waals surface area contributed by atoms with Crippen molar-refractivity contribution in [2.45, 2.75) is 78.8 Å². The highest BCUT2D eigenvalue weighted by Crippen LogP contribution is 2.16. The van der Waals surface area contributed by atoms with Gasteiger partial charge in [-0.1, -0.05) is 33.6 Å². The normalized spacial score (nSPS) is 14.9. The van der Waals surface area contributed by atoms with E-state index in [1.807, 2.05) is 13.8 Å². The molecular weight excluding hydrogens is 264 g/mol. The summed E-state index contributed by atoms with van der Waals surface area (Å²) < 4.78 is 0. The summed E-state index contributed by atoms with van der Waals surface area (Å²) in [6, 6.07) is 0.179. The Morgan fingerprint density at radius 3 is 2.19 bits per heavy atom. The molecule has 0 aromatic heterocycles. The number of hydrogen-bond donors (Lipinski definition) is 2. The van der Waals surface area contributed by atoms with Crippen molar-refractivity contribution in [3.05, 3.63) is 0 Å². The second-order valence-corrected chi connectivity index (χ2v) is 6.62. The molecular formula is C17H36N2O2. The first-order valence-corrected chi connectivity index (χ1v) is 8.52. The SMILES string of the molecule is CCC(CC)CN(CC)CCCC(C)(NC(C)C)C(=O)O. The minimum atomic E-state index is -0.817. The third-order valence-electron chi connectivity index (χ3n) is 4.35. The van der Waals surface area contributed by atoms with Gasteiger partial charge in [-0.05, 0) is 52.6 Å². The van der Waals surface area contributed by atoms with Crippen LogP contribution in [-0.2, 0) is 4.79 Å². The van der Waals surface area contributed by atoms with E-state index in [1.54, 1.807) is 6.92 Å². The van der Waals surface area contributed by atoms with Crippen LogP contribution >= 0.6 is 0 Å². The van der Waals surface area contributed by atoms with Crippen molar-refractivity contribution >= 4 is 5.97 Å². The van der Waals surface area contributed by atoms with Crippen molar-refractivity contribution < 1.29 is 9.90 Å². The maximum absolute atomic E-state index is 11.5. The van der Waals surface area contributed by atoms with Gasteiger partial charge in [0, 0.05) is 12.6 Å². The number of hydrogen-bond acceptors (Lipinski definition) is 3. The van der Waals surface area contributed by atoms with E-state index in [9.17, 15) is 9.90 Å². The van der Waals surface area contributed by atoms with Crippen molar-refractivity contribution in [3.63, 3.8) is 0 Å². The summed E-state index contributed by atoms with van der Waals surface area (Å²) in [5.74, 6) is 0.00355. The second kappa shape index (κ2) is 10.2. The minimum Gasteiger partial charge on any atom is -0.480 e. The summed E-state index contributed by atoms with van der Waals surface area (Å²) >= 11 is 0. The Bertz CT molecular complexity index is 291. The van der Waals surface area contributed by atoms with Crippen LogP contribution in [0, 0.1) is 5.92 Å². The number of aliphatic carboxylic acids is 1. The zero-order chi connectivity index (χ0) is 16.5. The Morgan fingerprint density at radius 2 is 1.81 bits per heavy atom. The Labute approximate surface area is 131 Å². The molecule has 0 saturated carbocycles. The summed E-state index contributed by atoms with van der Waals surface area (Å²) in [6.07, 6.45) is 4.01. The Hall–Kier alpha value is -0.610. The number of nitrogens with zero attached hydrogens (tertiary/aromatic N) is 1. The second-order valence-electron chi connectivity index (χ2n) is 6.62. The van der Waals surface area contributed by atoms with Crippen molar-refractivity contribution in [2.24, 2.45) is 5.92 Å². The van der Waals surface area contributed by atoms with Gasteiger partial charge in [0.25, 0.3) is 0 Å². The minimum absolute atomic E-state index is 0.179. The number of nitrogens with one attached hydrogen (secondary N) is 1. The lowest BCUT2D eigenvalue weighted by atomic mass is 9.94. The topological polar surface area (TPSA) is 52.6 Å². The summed E-state index contributed by atoms with van der Waals surface area (Å²) in [6.45, 7) is 15.6. The van der Waals surface area contributed by atoms with E-state index in [1.165, 1.54) is 12.8 Å². The molecule has 4 heteroatoms. The fourth-order valence-electron chi connectivity index (χ4n) is 2.82. The van der Waals surface area contributed by atoms with Crippen LogP contribution in [-0.4, -0.2) is 47.2 Å². The highest BCUT2D eigenvalue weighted by Gasteiger charge is 2.32. The molecule has 21 heavy (non-hydrogen) atoms. The van der Waals surface area contributed by atoms with Crippen LogP contribution in [0.1, 0.15) is 67.2 Å². The monoisotopic (exact) mass is 300 g/mol. The van der Waals surface area contributed by atoms with Crippen molar-refractivity contribution in [2.75, 3.05) is 19.6 Å². The summed E-state index contributed by atoms with van der Waals surface area (Å²) in [5.41, 5.74) is -0.817. The van der Waals surface area contributed by atoms with Crippen LogP contribution in [0.25, 0.3) is 0 Å². The van der Waals surface area contributed by atoms with E-state index in [0.717, 1.165) is 32.0 Å². The first-order chi connectivity index (χ1) is 9.78. The zero-order valence-electron chi connectivity index (χ0n) is 14.9. The first-order valence-electron chi connectivity index (χ1n) is 8.52. The van der Waals surface area contributed by atoms with Crippen molar-refractivity contribution in [1.29, 1.82) is 0 Å². The third-order valence-corrected chi connectivity index (χ3v) is 4.35. The highest BCUT2D eigenvalue weighted by atomic mass is 16.4. The van der Waals surface area contributed by atoms with Gasteiger partial charge >= 0.3 is 5.97 Å². The van der Waals surface area contributed by atoms with Crippen LogP contribution < -0.4 is 5.32 Å². The predicted octanol–water partition coefficient (Wildman–Crippen LogP) is 3.37. The molecule has 2 N–H and O–H groups in total. The van der Waals surface area contributed by atoms with E-state index < -0.39 is 11.5 Å². The lowest BCUT2D eigenvalue weighted by molar-refractivity contribution is -0.144. The maximum Gasteiger partial charge on any atom is 0.323 e. The van der Waals surface area contributed by atoms with Crippen LogP contribution in [0.3, 0.4) is 0 Å². The van der Waals surface area contributed by atoms with E-state index in [0.29, 0.717) is 6.42 Å². The molecule has 0 aliphatic rings. The lowest BCUT2D eigenvalue weighted by Gasteiger charge is -2.30. The molecule has 0 heterocycles. The van der Waals surface area contributed by atoms with E-state index in [2.05, 4.69) is 31.0 Å². The Kier molecular flexibility index (Phi) is 9.88. The fourth-order valence-corrected chi connectivity index (χ4v) is 2.82. The van der Waals surface area contributed by atoms with E-state index in [-0.39, 0.29) is 6.04 Å². The van der Waals surface area contributed by atoms with Gasteiger partial charge < -0.3 is 10.0 Å². The average Bonchev–Trinajstić information content (AvgIpc) is 2.41. The molecule has 0 bridgehead atoms. The number of rotatable bonds is 12. The Balaban J connectivity index is 4.37. The summed E-state index contributed by atoms with van der Waals surface area (Å²) in [7, 11) is 0. The van der Waals surface area contributed by atoms with Crippen LogP contribution in [0.4, 0.5) is 0 Å². The quantitative estimate of drug-likeness (QED) is 0.580. The van der Waals surface area contributed by atoms with Gasteiger partial charge in [0.1, 0.15) is 5.54 Å². The molecule has 1 unspecified atom stereocenters. The number of carboxylic acid groups (broad SMARTS) is 1. The van der Waals surface area contributed by atoms with Crippen LogP contribution in [0.2, 0.25) is 0 Å². The van der Waals surface area contributed by atoms with Crippen molar-refractivity contribution in [3.8, 4) is 0 Å².